The van der Waals surface area contributed by atoms with Crippen molar-refractivity contribution in [2.24, 2.45) is 5.92 Å². The number of fused-ring (bicyclic) bond motifs is 3. The van der Waals surface area contributed by atoms with Crippen molar-refractivity contribution < 1.29 is 4.79 Å². The number of carbonyl (C=O) groups excluding carboxylic acids is 1. The second kappa shape index (κ2) is 8.45. The number of carbonyl (C=O) groups is 1. The number of amides is 1. The van der Waals surface area contributed by atoms with E-state index in [0.29, 0.717) is 23.4 Å². The number of nitrogens with zero attached hydrogens (tertiary/aromatic N) is 4. The molecule has 1 amide bonds. The van der Waals surface area contributed by atoms with Gasteiger partial charge in [0.1, 0.15) is 6.54 Å². The number of hydrogen-bond acceptors (Lipinski definition) is 4. The van der Waals surface area contributed by atoms with E-state index in [1.54, 1.807) is 28.8 Å². The standard InChI is InChI=1S/C22H29N5O3/c1-15(2)12-13-25-20(29)17-10-6-7-11-18(17)27-21(25)24-26(22(27)30)14-19(28)23-16-8-4-3-5-9-16/h6-7,10-11,15-16H,3-5,8-9,12-14H2,1-2H3,(H,23,28). The Morgan fingerprint density at radius 1 is 1.17 bits per heavy atom. The summed E-state index contributed by atoms with van der Waals surface area (Å²) in [6.45, 7) is 4.49. The van der Waals surface area contributed by atoms with Crippen molar-refractivity contribution in [3.8, 4) is 0 Å². The van der Waals surface area contributed by atoms with E-state index in [0.717, 1.165) is 32.1 Å². The van der Waals surface area contributed by atoms with Gasteiger partial charge in [-0.25, -0.2) is 13.9 Å². The zero-order valence-electron chi connectivity index (χ0n) is 17.6. The number of benzene rings is 1. The van der Waals surface area contributed by atoms with Crippen LogP contribution in [0.25, 0.3) is 16.7 Å². The third-order valence-corrected chi connectivity index (χ3v) is 5.88. The van der Waals surface area contributed by atoms with Crippen LogP contribution >= 0.6 is 0 Å². The lowest BCUT2D eigenvalue weighted by atomic mass is 9.95. The van der Waals surface area contributed by atoms with Gasteiger partial charge in [0, 0.05) is 12.6 Å². The van der Waals surface area contributed by atoms with Gasteiger partial charge in [0.15, 0.2) is 0 Å². The van der Waals surface area contributed by atoms with Crippen LogP contribution < -0.4 is 16.6 Å². The predicted octanol–water partition coefficient (Wildman–Crippen LogP) is 2.31. The lowest BCUT2D eigenvalue weighted by Crippen LogP contribution is -2.40. The maximum atomic E-state index is 13.1. The molecule has 3 aromatic rings. The number of aryl methyl sites for hydroxylation is 1. The van der Waals surface area contributed by atoms with Gasteiger partial charge >= 0.3 is 5.69 Å². The van der Waals surface area contributed by atoms with E-state index in [9.17, 15) is 14.4 Å². The van der Waals surface area contributed by atoms with E-state index in [1.807, 2.05) is 0 Å². The van der Waals surface area contributed by atoms with Gasteiger partial charge in [0.25, 0.3) is 5.56 Å². The summed E-state index contributed by atoms with van der Waals surface area (Å²) in [5, 5.41) is 7.90. The quantitative estimate of drug-likeness (QED) is 0.674. The molecule has 8 nitrogen and oxygen atoms in total. The Balaban J connectivity index is 1.75. The highest BCUT2D eigenvalue weighted by atomic mass is 16.2. The molecule has 0 unspecified atom stereocenters. The molecule has 8 heteroatoms. The molecule has 1 aliphatic rings. The zero-order valence-corrected chi connectivity index (χ0v) is 17.6. The predicted molar refractivity (Wildman–Crippen MR) is 116 cm³/mol. The van der Waals surface area contributed by atoms with E-state index in [-0.39, 0.29) is 29.8 Å². The maximum Gasteiger partial charge on any atom is 0.352 e. The molecule has 160 valence electrons. The molecule has 0 spiro atoms. The third-order valence-electron chi connectivity index (χ3n) is 5.88. The van der Waals surface area contributed by atoms with Crippen molar-refractivity contribution in [1.82, 2.24) is 24.1 Å². The Labute approximate surface area is 174 Å². The summed E-state index contributed by atoms with van der Waals surface area (Å²) < 4.78 is 4.18. The van der Waals surface area contributed by atoms with Crippen molar-refractivity contribution in [3.05, 3.63) is 45.1 Å². The van der Waals surface area contributed by atoms with E-state index in [1.165, 1.54) is 15.5 Å². The van der Waals surface area contributed by atoms with Gasteiger partial charge in [-0.05, 0) is 37.3 Å². The summed E-state index contributed by atoms with van der Waals surface area (Å²) in [5.74, 6) is 0.473. The van der Waals surface area contributed by atoms with Crippen LogP contribution in [-0.4, -0.2) is 30.7 Å². The first kappa shape index (κ1) is 20.4. The lowest BCUT2D eigenvalue weighted by molar-refractivity contribution is -0.122. The molecule has 2 heterocycles. The van der Waals surface area contributed by atoms with Crippen LogP contribution in [-0.2, 0) is 17.9 Å². The van der Waals surface area contributed by atoms with E-state index < -0.39 is 5.69 Å². The average Bonchev–Trinajstić information content (AvgIpc) is 3.04. The maximum absolute atomic E-state index is 13.1. The summed E-state index contributed by atoms with van der Waals surface area (Å²) in [4.78, 5) is 38.8. The largest absolute Gasteiger partial charge is 0.352 e. The van der Waals surface area contributed by atoms with Crippen LogP contribution in [0.5, 0.6) is 0 Å². The molecule has 30 heavy (non-hydrogen) atoms. The van der Waals surface area contributed by atoms with Gasteiger partial charge in [-0.1, -0.05) is 45.2 Å². The fraction of sp³-hybridized carbons (Fsp3) is 0.545. The minimum atomic E-state index is -0.404. The Bertz CT molecular complexity index is 1180. The topological polar surface area (TPSA) is 90.4 Å². The van der Waals surface area contributed by atoms with Crippen LogP contribution in [0.1, 0.15) is 52.4 Å². The first-order chi connectivity index (χ1) is 14.5. The lowest BCUT2D eigenvalue weighted by Gasteiger charge is -2.22. The molecular weight excluding hydrogens is 382 g/mol. The average molecular weight is 412 g/mol. The number of nitrogens with one attached hydrogen (secondary N) is 1. The van der Waals surface area contributed by atoms with Crippen molar-refractivity contribution in [2.75, 3.05) is 0 Å². The molecule has 0 radical (unpaired) electrons. The van der Waals surface area contributed by atoms with Crippen LogP contribution in [0.3, 0.4) is 0 Å². The van der Waals surface area contributed by atoms with Gasteiger partial charge in [0.05, 0.1) is 10.9 Å². The molecule has 1 aliphatic carbocycles. The zero-order chi connectivity index (χ0) is 21.3. The summed E-state index contributed by atoms with van der Waals surface area (Å²) in [6.07, 6.45) is 6.19. The van der Waals surface area contributed by atoms with Crippen LogP contribution in [0, 0.1) is 5.92 Å². The summed E-state index contributed by atoms with van der Waals surface area (Å²) in [6, 6.07) is 7.22. The molecule has 1 saturated carbocycles. The van der Waals surface area contributed by atoms with Crippen LogP contribution in [0.15, 0.2) is 33.9 Å². The van der Waals surface area contributed by atoms with Crippen LogP contribution in [0.4, 0.5) is 0 Å². The molecule has 4 rings (SSSR count). The van der Waals surface area contributed by atoms with Crippen molar-refractivity contribution in [3.63, 3.8) is 0 Å². The Morgan fingerprint density at radius 2 is 1.90 bits per heavy atom. The van der Waals surface area contributed by atoms with Crippen molar-refractivity contribution in [1.29, 1.82) is 0 Å². The molecule has 1 N–H and O–H groups in total. The van der Waals surface area contributed by atoms with Crippen molar-refractivity contribution >= 4 is 22.6 Å². The highest BCUT2D eigenvalue weighted by Gasteiger charge is 2.20. The Hall–Kier alpha value is -2.90. The number of aromatic nitrogens is 4. The second-order valence-corrected chi connectivity index (χ2v) is 8.63. The van der Waals surface area contributed by atoms with E-state index >= 15 is 0 Å². The number of rotatable bonds is 6. The van der Waals surface area contributed by atoms with Crippen LogP contribution in [0.2, 0.25) is 0 Å². The molecule has 2 aromatic heterocycles. The molecule has 0 saturated heterocycles. The highest BCUT2D eigenvalue weighted by molar-refractivity contribution is 5.80. The van der Waals surface area contributed by atoms with Gasteiger partial charge in [-0.3, -0.25) is 14.2 Å². The van der Waals surface area contributed by atoms with Gasteiger partial charge in [-0.15, -0.1) is 5.10 Å². The molecular formula is C22H29N5O3. The molecule has 1 fully saturated rings. The normalized spacial score (nSPS) is 15.3. The fourth-order valence-corrected chi connectivity index (χ4v) is 4.22. The third kappa shape index (κ3) is 3.91. The van der Waals surface area contributed by atoms with E-state index in [2.05, 4.69) is 24.3 Å². The Morgan fingerprint density at radius 3 is 2.63 bits per heavy atom. The SMILES string of the molecule is CC(C)CCn1c(=O)c2ccccc2n2c(=O)n(CC(=O)NC3CCCCC3)nc12. The number of para-hydroxylation sites is 1. The minimum absolute atomic E-state index is 0.149. The first-order valence-electron chi connectivity index (χ1n) is 10.9. The summed E-state index contributed by atoms with van der Waals surface area (Å²) in [7, 11) is 0. The highest BCUT2D eigenvalue weighted by Crippen LogP contribution is 2.17. The van der Waals surface area contributed by atoms with Gasteiger partial charge < -0.3 is 5.32 Å². The summed E-state index contributed by atoms with van der Waals surface area (Å²) >= 11 is 0. The molecule has 0 bridgehead atoms. The monoisotopic (exact) mass is 411 g/mol. The number of hydrogen-bond donors (Lipinski definition) is 1. The minimum Gasteiger partial charge on any atom is -0.352 e. The Kier molecular flexibility index (Phi) is 5.74. The first-order valence-corrected chi connectivity index (χ1v) is 10.9. The second-order valence-electron chi connectivity index (χ2n) is 8.63. The summed E-state index contributed by atoms with van der Waals surface area (Å²) in [5.41, 5.74) is -0.0527. The fourth-order valence-electron chi connectivity index (χ4n) is 4.22. The van der Waals surface area contributed by atoms with Crippen molar-refractivity contribution in [2.45, 2.75) is 71.5 Å². The van der Waals surface area contributed by atoms with Gasteiger partial charge in [0.2, 0.25) is 11.7 Å². The molecule has 0 atom stereocenters. The smallest absolute Gasteiger partial charge is 0.352 e. The molecule has 0 aliphatic heterocycles. The van der Waals surface area contributed by atoms with E-state index in [4.69, 9.17) is 0 Å². The van der Waals surface area contributed by atoms with Gasteiger partial charge in [-0.2, -0.15) is 0 Å². The molecule has 1 aromatic carbocycles.